The number of aromatic nitrogens is 2. The fourth-order valence-electron chi connectivity index (χ4n) is 3.24. The first-order valence-electron chi connectivity index (χ1n) is 11.1. The zero-order chi connectivity index (χ0) is 27.1. The lowest BCUT2D eigenvalue weighted by Gasteiger charge is -2.12. The molecule has 0 saturated carbocycles. The third-order valence-electron chi connectivity index (χ3n) is 5.09. The van der Waals surface area contributed by atoms with Gasteiger partial charge in [-0.1, -0.05) is 24.2 Å². The standard InChI is InChI=1S/C26H23ClN6O4S/c1-3-24(34)29-19-5-4-6-20(15-19)30-25-23(27)16-28-26(32-25)31-17-7-9-18(10-8-17)33-38(35,36)22-13-11-21(37-2)12-14-22/h3-16,33H,1H2,2H3,(H,29,34)(H2,28,30,31,32). The number of amides is 1. The molecule has 0 saturated heterocycles. The Balaban J connectivity index is 1.44. The molecule has 1 heterocycles. The maximum absolute atomic E-state index is 12.7. The molecule has 1 amide bonds. The van der Waals surface area contributed by atoms with Crippen molar-refractivity contribution in [1.29, 1.82) is 0 Å². The average Bonchev–Trinajstić information content (AvgIpc) is 2.91. The molecule has 0 unspecified atom stereocenters. The Morgan fingerprint density at radius 3 is 2.32 bits per heavy atom. The minimum atomic E-state index is -3.76. The highest BCUT2D eigenvalue weighted by atomic mass is 35.5. The monoisotopic (exact) mass is 550 g/mol. The van der Waals surface area contributed by atoms with E-state index in [1.165, 1.54) is 31.5 Å². The number of halogens is 1. The number of anilines is 6. The van der Waals surface area contributed by atoms with E-state index >= 15 is 0 Å². The van der Waals surface area contributed by atoms with E-state index in [9.17, 15) is 13.2 Å². The second-order valence-electron chi connectivity index (χ2n) is 7.77. The number of hydrogen-bond donors (Lipinski definition) is 4. The van der Waals surface area contributed by atoms with Gasteiger partial charge in [0.1, 0.15) is 10.8 Å². The summed E-state index contributed by atoms with van der Waals surface area (Å²) < 4.78 is 32.9. The first-order chi connectivity index (χ1) is 18.3. The number of nitrogens with zero attached hydrogens (tertiary/aromatic N) is 2. The molecule has 4 N–H and O–H groups in total. The molecule has 4 rings (SSSR count). The summed E-state index contributed by atoms with van der Waals surface area (Å²) in [5, 5.41) is 9.14. The maximum atomic E-state index is 12.7. The Bertz CT molecular complexity index is 1560. The van der Waals surface area contributed by atoms with Crippen molar-refractivity contribution < 1.29 is 17.9 Å². The largest absolute Gasteiger partial charge is 0.497 e. The number of sulfonamides is 1. The summed E-state index contributed by atoms with van der Waals surface area (Å²) in [6.45, 7) is 3.44. The third kappa shape index (κ3) is 6.78. The topological polar surface area (TPSA) is 134 Å². The Morgan fingerprint density at radius 1 is 0.947 bits per heavy atom. The first kappa shape index (κ1) is 26.5. The smallest absolute Gasteiger partial charge is 0.261 e. The summed E-state index contributed by atoms with van der Waals surface area (Å²) in [5.41, 5.74) is 2.23. The van der Waals surface area contributed by atoms with Gasteiger partial charge in [-0.05, 0) is 72.8 Å². The second-order valence-corrected chi connectivity index (χ2v) is 9.86. The van der Waals surface area contributed by atoms with Crippen LogP contribution in [0.3, 0.4) is 0 Å². The van der Waals surface area contributed by atoms with Crippen molar-refractivity contribution in [2.45, 2.75) is 4.90 Å². The van der Waals surface area contributed by atoms with E-state index in [0.29, 0.717) is 39.3 Å². The molecule has 0 fully saturated rings. The normalized spacial score (nSPS) is 10.8. The zero-order valence-corrected chi connectivity index (χ0v) is 21.7. The van der Waals surface area contributed by atoms with Crippen molar-refractivity contribution in [2.75, 3.05) is 27.8 Å². The van der Waals surface area contributed by atoms with Gasteiger partial charge >= 0.3 is 0 Å². The molecule has 38 heavy (non-hydrogen) atoms. The van der Waals surface area contributed by atoms with E-state index < -0.39 is 10.0 Å². The van der Waals surface area contributed by atoms with Gasteiger partial charge in [-0.25, -0.2) is 13.4 Å². The van der Waals surface area contributed by atoms with Gasteiger partial charge in [0.2, 0.25) is 11.9 Å². The van der Waals surface area contributed by atoms with Crippen molar-refractivity contribution in [1.82, 2.24) is 9.97 Å². The van der Waals surface area contributed by atoms with Gasteiger partial charge in [0.05, 0.1) is 18.2 Å². The number of benzene rings is 3. The Kier molecular flexibility index (Phi) is 8.09. The van der Waals surface area contributed by atoms with Crippen LogP contribution in [0, 0.1) is 0 Å². The highest BCUT2D eigenvalue weighted by Gasteiger charge is 2.14. The van der Waals surface area contributed by atoms with Crippen LogP contribution in [0.15, 0.2) is 96.5 Å². The summed E-state index contributed by atoms with van der Waals surface area (Å²) in [6.07, 6.45) is 2.63. The highest BCUT2D eigenvalue weighted by Crippen LogP contribution is 2.27. The molecule has 10 nitrogen and oxygen atoms in total. The van der Waals surface area contributed by atoms with Crippen LogP contribution in [0.5, 0.6) is 5.75 Å². The van der Waals surface area contributed by atoms with E-state index in [1.807, 2.05) is 0 Å². The van der Waals surface area contributed by atoms with Gasteiger partial charge in [-0.3, -0.25) is 9.52 Å². The fourth-order valence-corrected chi connectivity index (χ4v) is 4.44. The van der Waals surface area contributed by atoms with Crippen molar-refractivity contribution >= 4 is 62.0 Å². The van der Waals surface area contributed by atoms with Crippen molar-refractivity contribution in [3.63, 3.8) is 0 Å². The number of nitrogens with one attached hydrogen (secondary N) is 4. The molecule has 0 aliphatic rings. The van der Waals surface area contributed by atoms with E-state index in [4.69, 9.17) is 16.3 Å². The molecule has 0 bridgehead atoms. The summed E-state index contributed by atoms with van der Waals surface area (Å²) in [6, 6.07) is 19.7. The summed E-state index contributed by atoms with van der Waals surface area (Å²) in [7, 11) is -2.25. The molecule has 0 aliphatic carbocycles. The van der Waals surface area contributed by atoms with E-state index in [1.54, 1.807) is 60.7 Å². The lowest BCUT2D eigenvalue weighted by atomic mass is 10.2. The summed E-state index contributed by atoms with van der Waals surface area (Å²) >= 11 is 6.27. The second kappa shape index (κ2) is 11.6. The number of carbonyl (C=O) groups excluding carboxylic acids is 1. The van der Waals surface area contributed by atoms with Gasteiger partial charge < -0.3 is 20.7 Å². The molecule has 0 radical (unpaired) electrons. The predicted molar refractivity (Wildman–Crippen MR) is 149 cm³/mol. The average molecular weight is 551 g/mol. The molecule has 1 aromatic heterocycles. The molecule has 3 aromatic carbocycles. The van der Waals surface area contributed by atoms with E-state index in [0.717, 1.165) is 0 Å². The molecule has 0 aliphatic heterocycles. The molecular formula is C26H23ClN6O4S. The third-order valence-corrected chi connectivity index (χ3v) is 6.76. The van der Waals surface area contributed by atoms with Crippen LogP contribution in [0.4, 0.5) is 34.5 Å². The SMILES string of the molecule is C=CC(=O)Nc1cccc(Nc2nc(Nc3ccc(NS(=O)(=O)c4ccc(OC)cc4)cc3)ncc2Cl)c1. The maximum Gasteiger partial charge on any atom is 0.261 e. The van der Waals surface area contributed by atoms with Crippen LogP contribution in [0.25, 0.3) is 0 Å². The Hall–Kier alpha value is -4.61. The molecule has 0 spiro atoms. The van der Waals surface area contributed by atoms with Crippen LogP contribution >= 0.6 is 11.6 Å². The Labute approximate surface area is 224 Å². The van der Waals surface area contributed by atoms with Crippen molar-refractivity contribution in [3.05, 3.63) is 96.7 Å². The van der Waals surface area contributed by atoms with Crippen LogP contribution in [0.2, 0.25) is 5.02 Å². The van der Waals surface area contributed by atoms with Gasteiger partial charge in [0.15, 0.2) is 5.82 Å². The van der Waals surface area contributed by atoms with E-state index in [2.05, 4.69) is 37.2 Å². The van der Waals surface area contributed by atoms with Crippen LogP contribution in [0.1, 0.15) is 0 Å². The molecule has 12 heteroatoms. The van der Waals surface area contributed by atoms with Gasteiger partial charge in [0, 0.05) is 22.7 Å². The summed E-state index contributed by atoms with van der Waals surface area (Å²) in [5.74, 6) is 0.848. The minimum Gasteiger partial charge on any atom is -0.497 e. The van der Waals surface area contributed by atoms with Crippen molar-refractivity contribution in [3.8, 4) is 5.75 Å². The quantitative estimate of drug-likeness (QED) is 0.189. The Morgan fingerprint density at radius 2 is 1.63 bits per heavy atom. The minimum absolute atomic E-state index is 0.115. The zero-order valence-electron chi connectivity index (χ0n) is 20.1. The number of ether oxygens (including phenoxy) is 1. The lowest BCUT2D eigenvalue weighted by molar-refractivity contribution is -0.111. The van der Waals surface area contributed by atoms with Gasteiger partial charge in [-0.15, -0.1) is 0 Å². The van der Waals surface area contributed by atoms with Gasteiger partial charge in [0.25, 0.3) is 10.0 Å². The van der Waals surface area contributed by atoms with Crippen LogP contribution in [-0.4, -0.2) is 31.4 Å². The predicted octanol–water partition coefficient (Wildman–Crippen LogP) is 5.55. The number of hydrogen-bond acceptors (Lipinski definition) is 8. The van der Waals surface area contributed by atoms with Crippen LogP contribution in [-0.2, 0) is 14.8 Å². The number of rotatable bonds is 10. The number of methoxy groups -OCH3 is 1. The fraction of sp³-hybridized carbons (Fsp3) is 0.0385. The molecular weight excluding hydrogens is 528 g/mol. The first-order valence-corrected chi connectivity index (χ1v) is 13.0. The number of carbonyl (C=O) groups is 1. The van der Waals surface area contributed by atoms with Crippen molar-refractivity contribution in [2.24, 2.45) is 0 Å². The molecule has 194 valence electrons. The van der Waals surface area contributed by atoms with Gasteiger partial charge in [-0.2, -0.15) is 4.98 Å². The molecule has 4 aromatic rings. The van der Waals surface area contributed by atoms with Crippen LogP contribution < -0.4 is 25.4 Å². The van der Waals surface area contributed by atoms with E-state index in [-0.39, 0.29) is 16.8 Å². The lowest BCUT2D eigenvalue weighted by Crippen LogP contribution is -2.12. The summed E-state index contributed by atoms with van der Waals surface area (Å²) in [4.78, 5) is 20.3. The highest BCUT2D eigenvalue weighted by molar-refractivity contribution is 7.92. The molecule has 0 atom stereocenters.